The molecule has 0 aliphatic carbocycles. The van der Waals surface area contributed by atoms with E-state index >= 15 is 0 Å². The van der Waals surface area contributed by atoms with E-state index in [1.165, 1.54) is 0 Å². The van der Waals surface area contributed by atoms with Crippen LogP contribution in [0.1, 0.15) is 17.8 Å². The Kier molecular flexibility index (Phi) is 3.87. The minimum absolute atomic E-state index is 0.107. The fourth-order valence-corrected chi connectivity index (χ4v) is 3.39. The summed E-state index contributed by atoms with van der Waals surface area (Å²) in [4.78, 5) is 11.8. The minimum Gasteiger partial charge on any atom is -0.481 e. The summed E-state index contributed by atoms with van der Waals surface area (Å²) in [6.07, 6.45) is 0.567. The molecule has 0 aromatic carbocycles. The largest absolute Gasteiger partial charge is 0.481 e. The van der Waals surface area contributed by atoms with Gasteiger partial charge < -0.3 is 5.11 Å². The van der Waals surface area contributed by atoms with Gasteiger partial charge in [-0.15, -0.1) is 11.3 Å². The van der Waals surface area contributed by atoms with Crippen molar-refractivity contribution in [1.82, 2.24) is 9.78 Å². The summed E-state index contributed by atoms with van der Waals surface area (Å²) in [6.45, 7) is 2.00. The van der Waals surface area contributed by atoms with Crippen LogP contribution in [0.5, 0.6) is 0 Å². The van der Waals surface area contributed by atoms with Crippen LogP contribution in [-0.2, 0) is 18.3 Å². The first-order valence-corrected chi connectivity index (χ1v) is 7.15. The fourth-order valence-electron chi connectivity index (χ4n) is 1.84. The highest BCUT2D eigenvalue weighted by Crippen LogP contribution is 2.34. The molecule has 2 heterocycles. The number of carboxylic acids is 1. The van der Waals surface area contributed by atoms with Crippen LogP contribution < -0.4 is 0 Å². The third-order valence-corrected chi connectivity index (χ3v) is 4.50. The standard InChI is InChI=1S/C12H13BrN2O2S/c1-7-12(10-5-8(13)6-18-10)9(14-15(7)2)3-4-11(16)17/h5-6H,3-4H2,1-2H3,(H,16,17). The van der Waals surface area contributed by atoms with E-state index in [4.69, 9.17) is 5.11 Å². The predicted octanol–water partition coefficient (Wildman–Crippen LogP) is 3.24. The topological polar surface area (TPSA) is 55.1 Å². The highest BCUT2D eigenvalue weighted by atomic mass is 79.9. The number of thiophene rings is 1. The van der Waals surface area contributed by atoms with E-state index in [0.717, 1.165) is 26.3 Å². The lowest BCUT2D eigenvalue weighted by atomic mass is 10.1. The molecule has 0 bridgehead atoms. The number of aryl methyl sites for hydroxylation is 2. The van der Waals surface area contributed by atoms with Gasteiger partial charge in [0.25, 0.3) is 0 Å². The summed E-state index contributed by atoms with van der Waals surface area (Å²) < 4.78 is 2.84. The molecule has 0 fully saturated rings. The summed E-state index contributed by atoms with van der Waals surface area (Å²) in [5, 5.41) is 15.2. The number of aromatic nitrogens is 2. The average molecular weight is 329 g/mol. The van der Waals surface area contributed by atoms with Crippen molar-refractivity contribution < 1.29 is 9.90 Å². The van der Waals surface area contributed by atoms with Crippen LogP contribution in [0, 0.1) is 6.92 Å². The third kappa shape index (κ3) is 2.64. The monoisotopic (exact) mass is 328 g/mol. The Balaban J connectivity index is 2.41. The van der Waals surface area contributed by atoms with Crippen molar-refractivity contribution in [3.63, 3.8) is 0 Å². The minimum atomic E-state index is -0.795. The van der Waals surface area contributed by atoms with Gasteiger partial charge in [-0.05, 0) is 28.9 Å². The van der Waals surface area contributed by atoms with Gasteiger partial charge in [-0.3, -0.25) is 9.48 Å². The Labute approximate surface area is 117 Å². The van der Waals surface area contributed by atoms with Crippen molar-refractivity contribution >= 4 is 33.2 Å². The average Bonchev–Trinajstić information content (AvgIpc) is 2.82. The molecule has 0 unspecified atom stereocenters. The number of carbonyl (C=O) groups is 1. The summed E-state index contributed by atoms with van der Waals surface area (Å²) in [7, 11) is 1.88. The molecule has 0 saturated heterocycles. The molecule has 1 N–H and O–H groups in total. The number of rotatable bonds is 4. The molecule has 0 aliphatic heterocycles. The van der Waals surface area contributed by atoms with Gasteiger partial charge in [0.05, 0.1) is 12.1 Å². The second kappa shape index (κ2) is 5.24. The van der Waals surface area contributed by atoms with Crippen molar-refractivity contribution in [2.75, 3.05) is 0 Å². The maximum atomic E-state index is 10.7. The molecule has 0 saturated carbocycles. The zero-order valence-corrected chi connectivity index (χ0v) is 12.5. The van der Waals surface area contributed by atoms with E-state index in [-0.39, 0.29) is 6.42 Å². The highest BCUT2D eigenvalue weighted by molar-refractivity contribution is 9.10. The number of nitrogens with zero attached hydrogens (tertiary/aromatic N) is 2. The Bertz CT molecular complexity index is 589. The van der Waals surface area contributed by atoms with Crippen LogP contribution in [0.15, 0.2) is 15.9 Å². The normalized spacial score (nSPS) is 10.8. The Morgan fingerprint density at radius 3 is 2.89 bits per heavy atom. The van der Waals surface area contributed by atoms with E-state index in [1.807, 2.05) is 25.4 Å². The van der Waals surface area contributed by atoms with Crippen molar-refractivity contribution in [1.29, 1.82) is 0 Å². The van der Waals surface area contributed by atoms with Crippen LogP contribution in [0.2, 0.25) is 0 Å². The van der Waals surface area contributed by atoms with E-state index in [1.54, 1.807) is 16.0 Å². The third-order valence-electron chi connectivity index (χ3n) is 2.80. The number of aliphatic carboxylic acids is 1. The first kappa shape index (κ1) is 13.3. The van der Waals surface area contributed by atoms with E-state index in [9.17, 15) is 4.79 Å². The van der Waals surface area contributed by atoms with Gasteiger partial charge >= 0.3 is 5.97 Å². The first-order chi connectivity index (χ1) is 8.49. The molecule has 0 aliphatic rings. The molecular weight excluding hydrogens is 316 g/mol. The lowest BCUT2D eigenvalue weighted by Crippen LogP contribution is -1.99. The van der Waals surface area contributed by atoms with Gasteiger partial charge in [-0.1, -0.05) is 0 Å². The molecule has 0 radical (unpaired) electrons. The van der Waals surface area contributed by atoms with Crippen molar-refractivity contribution in [2.24, 2.45) is 7.05 Å². The van der Waals surface area contributed by atoms with Crippen LogP contribution in [0.3, 0.4) is 0 Å². The van der Waals surface area contributed by atoms with Crippen molar-refractivity contribution in [2.45, 2.75) is 19.8 Å². The maximum absolute atomic E-state index is 10.7. The summed E-state index contributed by atoms with van der Waals surface area (Å²) >= 11 is 5.07. The van der Waals surface area contributed by atoms with Gasteiger partial charge in [0.2, 0.25) is 0 Å². The fraction of sp³-hybridized carbons (Fsp3) is 0.333. The molecule has 2 aromatic heterocycles. The van der Waals surface area contributed by atoms with E-state index in [2.05, 4.69) is 21.0 Å². The van der Waals surface area contributed by atoms with Gasteiger partial charge in [0, 0.05) is 39.5 Å². The van der Waals surface area contributed by atoms with Crippen LogP contribution in [0.25, 0.3) is 10.4 Å². The van der Waals surface area contributed by atoms with E-state index in [0.29, 0.717) is 6.42 Å². The number of hydrogen-bond acceptors (Lipinski definition) is 3. The molecule has 96 valence electrons. The number of halogens is 1. The summed E-state index contributed by atoms with van der Waals surface area (Å²) in [5.74, 6) is -0.795. The molecule has 4 nitrogen and oxygen atoms in total. The summed E-state index contributed by atoms with van der Waals surface area (Å²) in [5.41, 5.74) is 2.98. The van der Waals surface area contributed by atoms with Gasteiger partial charge in [0.1, 0.15) is 0 Å². The number of carboxylic acid groups (broad SMARTS) is 1. The molecule has 0 atom stereocenters. The summed E-state index contributed by atoms with van der Waals surface area (Å²) in [6, 6.07) is 2.04. The predicted molar refractivity (Wildman–Crippen MR) is 74.9 cm³/mol. The Hall–Kier alpha value is -1.14. The van der Waals surface area contributed by atoms with Crippen LogP contribution in [-0.4, -0.2) is 20.9 Å². The lowest BCUT2D eigenvalue weighted by molar-refractivity contribution is -0.136. The molecule has 0 spiro atoms. The second-order valence-electron chi connectivity index (χ2n) is 4.05. The quantitative estimate of drug-likeness (QED) is 0.937. The van der Waals surface area contributed by atoms with Gasteiger partial charge in [0.15, 0.2) is 0 Å². The molecule has 6 heteroatoms. The molecule has 2 aromatic rings. The Morgan fingerprint density at radius 2 is 2.33 bits per heavy atom. The number of hydrogen-bond donors (Lipinski definition) is 1. The lowest BCUT2D eigenvalue weighted by Gasteiger charge is -2.00. The van der Waals surface area contributed by atoms with Crippen LogP contribution >= 0.6 is 27.3 Å². The molecule has 2 rings (SSSR count). The molecular formula is C12H13BrN2O2S. The molecule has 18 heavy (non-hydrogen) atoms. The highest BCUT2D eigenvalue weighted by Gasteiger charge is 2.17. The van der Waals surface area contributed by atoms with Gasteiger partial charge in [-0.2, -0.15) is 5.10 Å². The smallest absolute Gasteiger partial charge is 0.303 e. The zero-order valence-electron chi connectivity index (χ0n) is 10.1. The second-order valence-corrected chi connectivity index (χ2v) is 5.88. The zero-order chi connectivity index (χ0) is 13.3. The molecule has 0 amide bonds. The first-order valence-electron chi connectivity index (χ1n) is 5.47. The van der Waals surface area contributed by atoms with Gasteiger partial charge in [-0.25, -0.2) is 0 Å². The van der Waals surface area contributed by atoms with Crippen molar-refractivity contribution in [3.05, 3.63) is 27.3 Å². The van der Waals surface area contributed by atoms with Crippen LogP contribution in [0.4, 0.5) is 0 Å². The van der Waals surface area contributed by atoms with Crippen molar-refractivity contribution in [3.8, 4) is 10.4 Å². The maximum Gasteiger partial charge on any atom is 0.303 e. The Morgan fingerprint density at radius 1 is 1.61 bits per heavy atom. The van der Waals surface area contributed by atoms with E-state index < -0.39 is 5.97 Å². The SMILES string of the molecule is Cc1c(-c2cc(Br)cs2)c(CCC(=O)O)nn1C.